The molecule has 0 aromatic carbocycles. The van der Waals surface area contributed by atoms with Crippen LogP contribution >= 0.6 is 0 Å². The zero-order valence-corrected chi connectivity index (χ0v) is 10.4. The molecule has 1 N–H and O–H groups in total. The lowest BCUT2D eigenvalue weighted by molar-refractivity contribution is -0.142. The fourth-order valence-electron chi connectivity index (χ4n) is 2.28. The Balaban J connectivity index is 2.26. The third-order valence-corrected chi connectivity index (χ3v) is 3.23. The molecule has 0 radical (unpaired) electrons. The Labute approximate surface area is 110 Å². The normalized spacial score (nSPS) is 19.8. The fourth-order valence-corrected chi connectivity index (χ4v) is 2.28. The molecule has 1 fully saturated rings. The highest BCUT2D eigenvalue weighted by Gasteiger charge is 2.31. The fraction of sp³-hybridized carbons (Fsp3) is 0.462. The molecule has 102 valence electrons. The van der Waals surface area contributed by atoms with Crippen LogP contribution in [-0.2, 0) is 4.79 Å². The molecule has 1 unspecified atom stereocenters. The van der Waals surface area contributed by atoms with Crippen molar-refractivity contribution >= 4 is 11.9 Å². The molecule has 1 atom stereocenters. The van der Waals surface area contributed by atoms with E-state index in [0.717, 1.165) is 25.3 Å². The molecule has 0 saturated carbocycles. The summed E-state index contributed by atoms with van der Waals surface area (Å²) in [7, 11) is 0. The van der Waals surface area contributed by atoms with Gasteiger partial charge in [0.15, 0.2) is 0 Å². The van der Waals surface area contributed by atoms with Gasteiger partial charge in [0.2, 0.25) is 5.95 Å². The molecule has 0 spiro atoms. The average Bonchev–Trinajstić information content (AvgIpc) is 2.63. The maximum Gasteiger partial charge on any atom is 0.326 e. The van der Waals surface area contributed by atoms with E-state index >= 15 is 0 Å². The van der Waals surface area contributed by atoms with Crippen LogP contribution in [0.3, 0.4) is 0 Å². The summed E-state index contributed by atoms with van der Waals surface area (Å²) in [6.45, 7) is 0.369. The van der Waals surface area contributed by atoms with Gasteiger partial charge in [0.25, 0.3) is 5.91 Å². The lowest BCUT2D eigenvalue weighted by Crippen LogP contribution is -2.45. The Kier molecular flexibility index (Phi) is 4.09. The quantitative estimate of drug-likeness (QED) is 0.827. The number of aliphatic carboxylic acids is 1. The van der Waals surface area contributed by atoms with Crippen molar-refractivity contribution in [3.63, 3.8) is 0 Å². The summed E-state index contributed by atoms with van der Waals surface area (Å²) < 4.78 is 13.0. The Bertz CT molecular complexity index is 493. The first-order chi connectivity index (χ1) is 9.09. The molecule has 1 aromatic heterocycles. The van der Waals surface area contributed by atoms with E-state index in [4.69, 9.17) is 0 Å². The molecular weight excluding hydrogens is 251 g/mol. The minimum absolute atomic E-state index is 0.0480. The molecule has 1 saturated heterocycles. The number of hydrogen-bond donors (Lipinski definition) is 1. The van der Waals surface area contributed by atoms with Gasteiger partial charge in [-0.25, -0.2) is 9.78 Å². The van der Waals surface area contributed by atoms with Crippen molar-refractivity contribution in [2.45, 2.75) is 31.7 Å². The summed E-state index contributed by atoms with van der Waals surface area (Å²) in [6.07, 6.45) is 2.85. The van der Waals surface area contributed by atoms with Crippen molar-refractivity contribution in [1.82, 2.24) is 9.88 Å². The summed E-state index contributed by atoms with van der Waals surface area (Å²) in [5.74, 6) is -2.28. The van der Waals surface area contributed by atoms with Gasteiger partial charge in [-0.1, -0.05) is 18.9 Å². The maximum absolute atomic E-state index is 13.0. The second-order valence-electron chi connectivity index (χ2n) is 4.55. The second-order valence-corrected chi connectivity index (χ2v) is 4.55. The van der Waals surface area contributed by atoms with Crippen molar-refractivity contribution in [2.24, 2.45) is 0 Å². The number of pyridine rings is 1. The van der Waals surface area contributed by atoms with Crippen molar-refractivity contribution in [3.05, 3.63) is 29.8 Å². The number of carboxylic acids is 1. The van der Waals surface area contributed by atoms with E-state index in [-0.39, 0.29) is 5.69 Å². The van der Waals surface area contributed by atoms with Gasteiger partial charge in [0.05, 0.1) is 0 Å². The minimum atomic E-state index is -1.02. The Morgan fingerprint density at radius 1 is 1.32 bits per heavy atom. The maximum atomic E-state index is 13.0. The number of carboxylic acid groups (broad SMARTS) is 1. The highest BCUT2D eigenvalue weighted by molar-refractivity contribution is 5.95. The number of aromatic nitrogens is 1. The predicted molar refractivity (Wildman–Crippen MR) is 65.1 cm³/mol. The minimum Gasteiger partial charge on any atom is -0.480 e. The van der Waals surface area contributed by atoms with Crippen LogP contribution in [0.4, 0.5) is 4.39 Å². The van der Waals surface area contributed by atoms with Gasteiger partial charge in [0.1, 0.15) is 11.7 Å². The van der Waals surface area contributed by atoms with Crippen molar-refractivity contribution in [2.75, 3.05) is 6.54 Å². The van der Waals surface area contributed by atoms with E-state index in [0.29, 0.717) is 13.0 Å². The highest BCUT2D eigenvalue weighted by Crippen LogP contribution is 2.19. The topological polar surface area (TPSA) is 70.5 Å². The number of carbonyl (C=O) groups is 2. The van der Waals surface area contributed by atoms with Crippen LogP contribution in [0.1, 0.15) is 36.2 Å². The lowest BCUT2D eigenvalue weighted by Gasteiger charge is -2.26. The molecule has 1 aliphatic heterocycles. The third-order valence-electron chi connectivity index (χ3n) is 3.23. The number of hydrogen-bond acceptors (Lipinski definition) is 3. The monoisotopic (exact) mass is 266 g/mol. The number of rotatable bonds is 2. The van der Waals surface area contributed by atoms with E-state index in [9.17, 15) is 19.1 Å². The number of halogens is 1. The van der Waals surface area contributed by atoms with Crippen LogP contribution in [0.25, 0.3) is 0 Å². The number of nitrogens with zero attached hydrogens (tertiary/aromatic N) is 2. The molecule has 0 bridgehead atoms. The van der Waals surface area contributed by atoms with E-state index in [1.54, 1.807) is 0 Å². The molecule has 1 aliphatic rings. The Hall–Kier alpha value is -1.98. The summed E-state index contributed by atoms with van der Waals surface area (Å²) in [5, 5.41) is 9.20. The first-order valence-electron chi connectivity index (χ1n) is 6.26. The van der Waals surface area contributed by atoms with Gasteiger partial charge in [-0.15, -0.1) is 0 Å². The Morgan fingerprint density at radius 2 is 2.11 bits per heavy atom. The molecule has 6 heteroatoms. The SMILES string of the molecule is O=C(O)C1CCCCCN1C(=O)c1cccc(F)n1. The lowest BCUT2D eigenvalue weighted by atomic mass is 10.1. The van der Waals surface area contributed by atoms with Crippen molar-refractivity contribution in [3.8, 4) is 0 Å². The van der Waals surface area contributed by atoms with E-state index in [1.165, 1.54) is 17.0 Å². The Morgan fingerprint density at radius 3 is 2.79 bits per heavy atom. The highest BCUT2D eigenvalue weighted by atomic mass is 19.1. The van der Waals surface area contributed by atoms with E-state index < -0.39 is 23.9 Å². The number of likely N-dealkylation sites (tertiary alicyclic amines) is 1. The molecule has 5 nitrogen and oxygen atoms in total. The van der Waals surface area contributed by atoms with Crippen molar-refractivity contribution < 1.29 is 19.1 Å². The molecular formula is C13H15FN2O3. The van der Waals surface area contributed by atoms with Gasteiger partial charge < -0.3 is 10.0 Å². The van der Waals surface area contributed by atoms with Crippen LogP contribution in [0.5, 0.6) is 0 Å². The van der Waals surface area contributed by atoms with Crippen LogP contribution < -0.4 is 0 Å². The summed E-state index contributed by atoms with van der Waals surface area (Å²) >= 11 is 0. The zero-order valence-electron chi connectivity index (χ0n) is 10.4. The third kappa shape index (κ3) is 3.07. The molecule has 2 heterocycles. The van der Waals surface area contributed by atoms with Gasteiger partial charge in [-0.2, -0.15) is 4.39 Å². The second kappa shape index (κ2) is 5.77. The summed E-state index contributed by atoms with van der Waals surface area (Å²) in [6, 6.07) is 3.09. The molecule has 1 aromatic rings. The van der Waals surface area contributed by atoms with Gasteiger partial charge in [-0.3, -0.25) is 4.79 Å². The molecule has 2 rings (SSSR count). The molecule has 19 heavy (non-hydrogen) atoms. The standard InChI is InChI=1S/C13H15FN2O3/c14-11-7-4-5-9(15-11)12(17)16-8-3-1-2-6-10(16)13(18)19/h4-5,7,10H,1-3,6,8H2,(H,18,19). The molecule has 0 aliphatic carbocycles. The van der Waals surface area contributed by atoms with Gasteiger partial charge in [0, 0.05) is 6.54 Å². The predicted octanol–water partition coefficient (Wildman–Crippen LogP) is 1.69. The first-order valence-corrected chi connectivity index (χ1v) is 6.26. The average molecular weight is 266 g/mol. The number of amides is 1. The smallest absolute Gasteiger partial charge is 0.326 e. The van der Waals surface area contributed by atoms with Crippen LogP contribution in [0.2, 0.25) is 0 Å². The van der Waals surface area contributed by atoms with Crippen molar-refractivity contribution in [1.29, 1.82) is 0 Å². The summed E-state index contributed by atoms with van der Waals surface area (Å²) in [5.41, 5.74) is -0.0480. The first kappa shape index (κ1) is 13.5. The number of carbonyl (C=O) groups excluding carboxylic acids is 1. The van der Waals surface area contributed by atoms with Gasteiger partial charge >= 0.3 is 5.97 Å². The van der Waals surface area contributed by atoms with E-state index in [1.807, 2.05) is 0 Å². The largest absolute Gasteiger partial charge is 0.480 e. The zero-order chi connectivity index (χ0) is 13.8. The van der Waals surface area contributed by atoms with Crippen LogP contribution in [-0.4, -0.2) is 39.5 Å². The molecule has 1 amide bonds. The van der Waals surface area contributed by atoms with Crippen LogP contribution in [0.15, 0.2) is 18.2 Å². The van der Waals surface area contributed by atoms with E-state index in [2.05, 4.69) is 4.98 Å². The van der Waals surface area contributed by atoms with Crippen LogP contribution in [0, 0.1) is 5.95 Å². The van der Waals surface area contributed by atoms with Gasteiger partial charge in [-0.05, 0) is 25.0 Å². The summed E-state index contributed by atoms with van der Waals surface area (Å²) in [4.78, 5) is 28.3.